The molecule has 0 radical (unpaired) electrons. The molecule has 1 saturated heterocycles. The van der Waals surface area contributed by atoms with Crippen molar-refractivity contribution in [2.24, 2.45) is 0 Å². The maximum absolute atomic E-state index is 9.56. The molecule has 70 valence electrons. The van der Waals surface area contributed by atoms with Crippen LogP contribution in [-0.4, -0.2) is 22.9 Å². The fourth-order valence-electron chi connectivity index (χ4n) is 2.41. The van der Waals surface area contributed by atoms with Gasteiger partial charge in [0.05, 0.1) is 11.7 Å². The predicted molar refractivity (Wildman–Crippen MR) is 47.0 cm³/mol. The van der Waals surface area contributed by atoms with Gasteiger partial charge in [0.2, 0.25) is 0 Å². The molecule has 0 aromatic carbocycles. The molecule has 1 aliphatic carbocycles. The first-order valence-corrected chi connectivity index (χ1v) is 5.14. The van der Waals surface area contributed by atoms with Crippen molar-refractivity contribution in [1.82, 2.24) is 0 Å². The lowest BCUT2D eigenvalue weighted by molar-refractivity contribution is 0.122. The number of epoxide rings is 1. The van der Waals surface area contributed by atoms with E-state index in [1.165, 1.54) is 19.3 Å². The number of hydrogen-bond acceptors (Lipinski definition) is 2. The maximum atomic E-state index is 9.56. The van der Waals surface area contributed by atoms with Gasteiger partial charge in [0.25, 0.3) is 0 Å². The van der Waals surface area contributed by atoms with Crippen LogP contribution in [0.2, 0.25) is 0 Å². The lowest BCUT2D eigenvalue weighted by Gasteiger charge is -2.20. The van der Waals surface area contributed by atoms with Crippen LogP contribution >= 0.6 is 0 Å². The van der Waals surface area contributed by atoms with Crippen molar-refractivity contribution in [2.45, 2.75) is 63.3 Å². The largest absolute Gasteiger partial charge is 0.390 e. The van der Waals surface area contributed by atoms with Crippen molar-refractivity contribution < 1.29 is 9.84 Å². The fraction of sp³-hybridized carbons (Fsp3) is 1.00. The molecule has 1 aliphatic heterocycles. The van der Waals surface area contributed by atoms with Crippen molar-refractivity contribution >= 4 is 0 Å². The first kappa shape index (κ1) is 8.52. The molecule has 1 unspecified atom stereocenters. The van der Waals surface area contributed by atoms with Crippen molar-refractivity contribution in [3.8, 4) is 0 Å². The minimum absolute atomic E-state index is 0.119. The van der Waals surface area contributed by atoms with Crippen LogP contribution in [0, 0.1) is 0 Å². The van der Waals surface area contributed by atoms with Crippen LogP contribution < -0.4 is 0 Å². The average molecular weight is 170 g/mol. The van der Waals surface area contributed by atoms with E-state index in [0.29, 0.717) is 0 Å². The Bertz CT molecular complexity index is 169. The number of rotatable bonds is 3. The highest BCUT2D eigenvalue weighted by molar-refractivity contribution is 5.08. The van der Waals surface area contributed by atoms with E-state index >= 15 is 0 Å². The minimum Gasteiger partial charge on any atom is -0.390 e. The van der Waals surface area contributed by atoms with Crippen molar-refractivity contribution in [2.75, 3.05) is 0 Å². The Balaban J connectivity index is 1.88. The van der Waals surface area contributed by atoms with E-state index in [-0.39, 0.29) is 17.8 Å². The molecule has 12 heavy (non-hydrogen) atoms. The van der Waals surface area contributed by atoms with Crippen molar-refractivity contribution in [1.29, 1.82) is 0 Å². The molecule has 1 heterocycles. The summed E-state index contributed by atoms with van der Waals surface area (Å²) in [5.74, 6) is 0. The highest BCUT2D eigenvalue weighted by Gasteiger charge is 2.60. The van der Waals surface area contributed by atoms with E-state index in [4.69, 9.17) is 4.74 Å². The van der Waals surface area contributed by atoms with Gasteiger partial charge in [-0.2, -0.15) is 0 Å². The SMILES string of the molecule is CCCC[C@@]12CCCC(O)[C@@H]1O2. The Hall–Kier alpha value is -0.0800. The van der Waals surface area contributed by atoms with E-state index in [1.54, 1.807) is 0 Å². The molecule has 2 rings (SSSR count). The molecule has 0 aromatic heterocycles. The Kier molecular flexibility index (Phi) is 2.13. The second-order valence-electron chi connectivity index (χ2n) is 4.17. The van der Waals surface area contributed by atoms with Crippen LogP contribution in [0.1, 0.15) is 45.4 Å². The van der Waals surface area contributed by atoms with Gasteiger partial charge in [0, 0.05) is 0 Å². The van der Waals surface area contributed by atoms with Crippen LogP contribution in [0.4, 0.5) is 0 Å². The molecular formula is C10H18O2. The number of hydrogen-bond donors (Lipinski definition) is 1. The lowest BCUT2D eigenvalue weighted by Crippen LogP contribution is -2.29. The normalized spacial score (nSPS) is 45.5. The Morgan fingerprint density at radius 1 is 1.58 bits per heavy atom. The minimum atomic E-state index is -0.171. The zero-order valence-electron chi connectivity index (χ0n) is 7.75. The topological polar surface area (TPSA) is 32.8 Å². The van der Waals surface area contributed by atoms with E-state index in [1.807, 2.05) is 0 Å². The Morgan fingerprint density at radius 2 is 2.42 bits per heavy atom. The molecule has 2 nitrogen and oxygen atoms in total. The molecule has 2 heteroatoms. The molecule has 0 aromatic rings. The van der Waals surface area contributed by atoms with Crippen LogP contribution in [0.15, 0.2) is 0 Å². The van der Waals surface area contributed by atoms with Gasteiger partial charge < -0.3 is 9.84 Å². The summed E-state index contributed by atoms with van der Waals surface area (Å²) in [5.41, 5.74) is 0.119. The summed E-state index contributed by atoms with van der Waals surface area (Å²) in [6.07, 6.45) is 6.91. The van der Waals surface area contributed by atoms with Gasteiger partial charge in [-0.25, -0.2) is 0 Å². The van der Waals surface area contributed by atoms with Gasteiger partial charge in [-0.15, -0.1) is 0 Å². The summed E-state index contributed by atoms with van der Waals surface area (Å²) in [6.45, 7) is 2.20. The molecule has 2 aliphatic rings. The van der Waals surface area contributed by atoms with E-state index < -0.39 is 0 Å². The summed E-state index contributed by atoms with van der Waals surface area (Å²) in [4.78, 5) is 0. The van der Waals surface area contributed by atoms with Gasteiger partial charge >= 0.3 is 0 Å². The zero-order valence-corrected chi connectivity index (χ0v) is 7.75. The van der Waals surface area contributed by atoms with Gasteiger partial charge in [-0.1, -0.05) is 19.8 Å². The van der Waals surface area contributed by atoms with Gasteiger partial charge in [-0.3, -0.25) is 0 Å². The van der Waals surface area contributed by atoms with Crippen LogP contribution in [0.5, 0.6) is 0 Å². The molecule has 1 N–H and O–H groups in total. The summed E-state index contributed by atoms with van der Waals surface area (Å²) >= 11 is 0. The maximum Gasteiger partial charge on any atom is 0.113 e. The molecule has 0 spiro atoms. The van der Waals surface area contributed by atoms with Gasteiger partial charge in [0.1, 0.15) is 6.10 Å². The monoisotopic (exact) mass is 170 g/mol. The predicted octanol–water partition coefficient (Wildman–Crippen LogP) is 1.86. The number of aliphatic hydroxyl groups is 1. The average Bonchev–Trinajstić information content (AvgIpc) is 2.78. The standard InChI is InChI=1S/C10H18O2/c1-2-3-6-10-7-4-5-8(11)9(10)12-10/h8-9,11H,2-7H2,1H3/t8?,9-,10+/m0/s1. The van der Waals surface area contributed by atoms with E-state index in [0.717, 1.165) is 19.3 Å². The third-order valence-corrected chi connectivity index (χ3v) is 3.23. The summed E-state index contributed by atoms with van der Waals surface area (Å²) in [5, 5.41) is 9.56. The van der Waals surface area contributed by atoms with Crippen molar-refractivity contribution in [3.05, 3.63) is 0 Å². The molecule has 2 fully saturated rings. The zero-order chi connectivity index (χ0) is 8.60. The lowest BCUT2D eigenvalue weighted by atomic mass is 9.84. The third kappa shape index (κ3) is 1.27. The van der Waals surface area contributed by atoms with Gasteiger partial charge in [0.15, 0.2) is 0 Å². The number of aliphatic hydroxyl groups excluding tert-OH is 1. The molecule has 0 bridgehead atoms. The number of fused-ring (bicyclic) bond motifs is 1. The van der Waals surface area contributed by atoms with Crippen molar-refractivity contribution in [3.63, 3.8) is 0 Å². The molecular weight excluding hydrogens is 152 g/mol. The van der Waals surface area contributed by atoms with Crippen LogP contribution in [0.3, 0.4) is 0 Å². The Morgan fingerprint density at radius 3 is 3.17 bits per heavy atom. The number of unbranched alkanes of at least 4 members (excludes halogenated alkanes) is 1. The smallest absolute Gasteiger partial charge is 0.113 e. The highest BCUT2D eigenvalue weighted by Crippen LogP contribution is 2.50. The Labute approximate surface area is 73.9 Å². The summed E-state index contributed by atoms with van der Waals surface area (Å²) in [6, 6.07) is 0. The van der Waals surface area contributed by atoms with Crippen LogP contribution in [0.25, 0.3) is 0 Å². The highest BCUT2D eigenvalue weighted by atomic mass is 16.6. The molecule has 0 amide bonds. The van der Waals surface area contributed by atoms with Gasteiger partial charge in [-0.05, 0) is 25.7 Å². The van der Waals surface area contributed by atoms with E-state index in [9.17, 15) is 5.11 Å². The molecule has 1 saturated carbocycles. The summed E-state index contributed by atoms with van der Waals surface area (Å²) in [7, 11) is 0. The fourth-order valence-corrected chi connectivity index (χ4v) is 2.41. The number of ether oxygens (including phenoxy) is 1. The second-order valence-corrected chi connectivity index (χ2v) is 4.17. The third-order valence-electron chi connectivity index (χ3n) is 3.23. The quantitative estimate of drug-likeness (QED) is 0.656. The van der Waals surface area contributed by atoms with E-state index in [2.05, 4.69) is 6.92 Å². The first-order valence-electron chi connectivity index (χ1n) is 5.14. The second kappa shape index (κ2) is 3.00. The summed E-state index contributed by atoms with van der Waals surface area (Å²) < 4.78 is 5.63. The van der Waals surface area contributed by atoms with Crippen LogP contribution in [-0.2, 0) is 4.74 Å². The molecule has 3 atom stereocenters. The first-order chi connectivity index (χ1) is 5.78.